The second-order valence-corrected chi connectivity index (χ2v) is 5.41. The van der Waals surface area contributed by atoms with E-state index in [1.165, 1.54) is 0 Å². The smallest absolute Gasteiger partial charge is 0.265 e. The summed E-state index contributed by atoms with van der Waals surface area (Å²) < 4.78 is 0. The summed E-state index contributed by atoms with van der Waals surface area (Å²) in [7, 11) is 0. The molecule has 0 fully saturated rings. The molecular formula is C12H6N12O6. The number of aromatic amines is 3. The molecule has 0 spiro atoms. The van der Waals surface area contributed by atoms with Gasteiger partial charge in [0.2, 0.25) is 0 Å². The van der Waals surface area contributed by atoms with Crippen LogP contribution in [0.4, 0.5) is 17.1 Å². The number of nitrogens with one attached hydrogen (secondary N) is 3. The van der Waals surface area contributed by atoms with E-state index in [4.69, 9.17) is 0 Å². The lowest BCUT2D eigenvalue weighted by atomic mass is 9.95. The molecule has 0 radical (unpaired) electrons. The highest BCUT2D eigenvalue weighted by Crippen LogP contribution is 2.53. The van der Waals surface area contributed by atoms with Crippen molar-refractivity contribution in [2.24, 2.45) is 0 Å². The third kappa shape index (κ3) is 2.67. The van der Waals surface area contributed by atoms with Crippen LogP contribution < -0.4 is 0 Å². The fraction of sp³-hybridized carbons (Fsp3) is 0. The first-order valence-corrected chi connectivity index (χ1v) is 7.67. The number of nitrogens with zero attached hydrogens (tertiary/aromatic N) is 9. The van der Waals surface area contributed by atoms with Gasteiger partial charge in [-0.15, -0.1) is 0 Å². The van der Waals surface area contributed by atoms with Crippen molar-refractivity contribution in [2.75, 3.05) is 0 Å². The van der Waals surface area contributed by atoms with Crippen LogP contribution >= 0.6 is 0 Å². The third-order valence-corrected chi connectivity index (χ3v) is 3.88. The van der Waals surface area contributed by atoms with E-state index in [0.29, 0.717) is 0 Å². The van der Waals surface area contributed by atoms with E-state index in [9.17, 15) is 30.3 Å². The van der Waals surface area contributed by atoms with Gasteiger partial charge in [0.05, 0.1) is 14.8 Å². The van der Waals surface area contributed by atoms with Crippen molar-refractivity contribution in [3.05, 3.63) is 49.3 Å². The van der Waals surface area contributed by atoms with E-state index in [1.54, 1.807) is 0 Å². The minimum absolute atomic E-state index is 0.447. The maximum absolute atomic E-state index is 12.0. The van der Waals surface area contributed by atoms with E-state index in [1.807, 2.05) is 0 Å². The summed E-state index contributed by atoms with van der Waals surface area (Å²) in [5.74, 6) is -1.34. The first kappa shape index (κ1) is 18.2. The molecule has 0 unspecified atom stereocenters. The predicted molar refractivity (Wildman–Crippen MR) is 92.5 cm³/mol. The molecule has 18 nitrogen and oxygen atoms in total. The van der Waals surface area contributed by atoms with Crippen LogP contribution in [0.1, 0.15) is 0 Å². The zero-order chi connectivity index (χ0) is 21.4. The Bertz CT molecular complexity index is 1090. The Hall–Kier alpha value is -5.16. The van der Waals surface area contributed by atoms with Crippen LogP contribution in [-0.2, 0) is 0 Å². The molecule has 150 valence electrons. The Labute approximate surface area is 161 Å². The Morgan fingerprint density at radius 1 is 0.567 bits per heavy atom. The summed E-state index contributed by atoms with van der Waals surface area (Å²) in [4.78, 5) is 44.1. The molecule has 0 saturated heterocycles. The highest BCUT2D eigenvalue weighted by Gasteiger charge is 2.46. The van der Waals surface area contributed by atoms with Gasteiger partial charge in [-0.2, -0.15) is 15.3 Å². The van der Waals surface area contributed by atoms with Crippen LogP contribution in [0.15, 0.2) is 19.0 Å². The van der Waals surface area contributed by atoms with Gasteiger partial charge in [0, 0.05) is 0 Å². The van der Waals surface area contributed by atoms with E-state index in [-0.39, 0.29) is 0 Å². The van der Waals surface area contributed by atoms with E-state index >= 15 is 0 Å². The largest absolute Gasteiger partial charge is 0.305 e. The van der Waals surface area contributed by atoms with Crippen LogP contribution in [0.3, 0.4) is 0 Å². The lowest BCUT2D eigenvalue weighted by Gasteiger charge is -2.10. The zero-order valence-corrected chi connectivity index (χ0v) is 14.2. The average molecular weight is 414 g/mol. The quantitative estimate of drug-likeness (QED) is 0.292. The Kier molecular flexibility index (Phi) is 4.11. The van der Waals surface area contributed by atoms with Crippen molar-refractivity contribution in [3.63, 3.8) is 0 Å². The molecule has 3 N–H and O–H groups in total. The maximum Gasteiger partial charge on any atom is 0.305 e. The standard InChI is InChI=1S/C12H6N12O6/c25-22(26)7-4(10-13-1-16-19-10)8(23(27)28)6(12-15-3-18-21-12)9(24(29)30)5(7)11-14-2-17-20-11/h1-3H,(H,13,16,19)(H,14,17,20)(H,15,18,21). The third-order valence-electron chi connectivity index (χ3n) is 3.88. The minimum Gasteiger partial charge on any atom is -0.265 e. The molecule has 1 aromatic carbocycles. The Morgan fingerprint density at radius 2 is 0.833 bits per heavy atom. The van der Waals surface area contributed by atoms with Crippen molar-refractivity contribution in [1.29, 1.82) is 0 Å². The van der Waals surface area contributed by atoms with Crippen molar-refractivity contribution in [3.8, 4) is 34.2 Å². The van der Waals surface area contributed by atoms with Crippen LogP contribution in [-0.4, -0.2) is 60.3 Å². The number of aromatic nitrogens is 9. The molecule has 18 heteroatoms. The van der Waals surface area contributed by atoms with Crippen molar-refractivity contribution < 1.29 is 14.8 Å². The molecule has 3 heterocycles. The van der Waals surface area contributed by atoms with Gasteiger partial charge < -0.3 is 0 Å². The normalized spacial score (nSPS) is 10.8. The fourth-order valence-electron chi connectivity index (χ4n) is 2.88. The number of nitro benzene ring substituents is 3. The van der Waals surface area contributed by atoms with Crippen LogP contribution in [0.2, 0.25) is 0 Å². The van der Waals surface area contributed by atoms with Gasteiger partial charge in [-0.25, -0.2) is 15.0 Å². The first-order valence-electron chi connectivity index (χ1n) is 7.67. The summed E-state index contributed by atoms with van der Waals surface area (Å²) in [5.41, 5.74) is -5.16. The lowest BCUT2D eigenvalue weighted by Crippen LogP contribution is -2.08. The average Bonchev–Trinajstić information content (AvgIpc) is 3.48. The molecule has 0 amide bonds. The van der Waals surface area contributed by atoms with Gasteiger partial charge in [0.25, 0.3) is 0 Å². The second-order valence-electron chi connectivity index (χ2n) is 5.41. The highest BCUT2D eigenvalue weighted by atomic mass is 16.6. The molecule has 0 bridgehead atoms. The summed E-state index contributed by atoms with van der Waals surface area (Å²) in [6.45, 7) is 0. The summed E-state index contributed by atoms with van der Waals surface area (Å²) in [6.07, 6.45) is 3.09. The minimum atomic E-state index is -1.03. The summed E-state index contributed by atoms with van der Waals surface area (Å²) in [5, 5.41) is 53.8. The molecule has 30 heavy (non-hydrogen) atoms. The number of benzene rings is 1. The van der Waals surface area contributed by atoms with Gasteiger partial charge in [-0.05, 0) is 0 Å². The fourth-order valence-corrected chi connectivity index (χ4v) is 2.88. The zero-order valence-electron chi connectivity index (χ0n) is 14.2. The van der Waals surface area contributed by atoms with Crippen molar-refractivity contribution in [2.45, 2.75) is 0 Å². The van der Waals surface area contributed by atoms with Gasteiger partial charge in [0.15, 0.2) is 34.2 Å². The summed E-state index contributed by atoms with van der Waals surface area (Å²) in [6, 6.07) is 0. The Balaban J connectivity index is 2.34. The molecule has 3 aromatic heterocycles. The molecule has 0 aliphatic carbocycles. The van der Waals surface area contributed by atoms with E-state index < -0.39 is 66.0 Å². The first-order chi connectivity index (χ1) is 14.4. The highest BCUT2D eigenvalue weighted by molar-refractivity contribution is 6.02. The number of nitro groups is 3. The predicted octanol–water partition coefficient (Wildman–Crippen LogP) is 0.766. The van der Waals surface area contributed by atoms with Gasteiger partial charge >= 0.3 is 17.1 Å². The lowest BCUT2D eigenvalue weighted by molar-refractivity contribution is -0.400. The van der Waals surface area contributed by atoms with E-state index in [2.05, 4.69) is 45.5 Å². The summed E-state index contributed by atoms with van der Waals surface area (Å²) >= 11 is 0. The topological polar surface area (TPSA) is 254 Å². The number of rotatable bonds is 6. The number of hydrogen-bond donors (Lipinski definition) is 3. The SMILES string of the molecule is O=[N+]([O-])c1c(-c2nc[nH]n2)c([N+](=O)[O-])c(-c2nc[nH]n2)c([N+](=O)[O-])c1-c1nc[nH]n1. The monoisotopic (exact) mass is 414 g/mol. The molecule has 0 saturated carbocycles. The molecule has 0 atom stereocenters. The molecule has 4 aromatic rings. The number of H-pyrrole nitrogens is 3. The number of hydrogen-bond acceptors (Lipinski definition) is 12. The van der Waals surface area contributed by atoms with Gasteiger partial charge in [-0.1, -0.05) is 0 Å². The second kappa shape index (κ2) is 6.78. The van der Waals surface area contributed by atoms with Crippen LogP contribution in [0.25, 0.3) is 34.2 Å². The Morgan fingerprint density at radius 3 is 1.00 bits per heavy atom. The maximum atomic E-state index is 12.0. The van der Waals surface area contributed by atoms with E-state index in [0.717, 1.165) is 19.0 Å². The van der Waals surface area contributed by atoms with Crippen LogP contribution in [0.5, 0.6) is 0 Å². The van der Waals surface area contributed by atoms with Crippen molar-refractivity contribution >= 4 is 17.1 Å². The molecular weight excluding hydrogens is 408 g/mol. The molecule has 0 aliphatic rings. The van der Waals surface area contributed by atoms with Crippen molar-refractivity contribution in [1.82, 2.24) is 45.5 Å². The van der Waals surface area contributed by atoms with Crippen LogP contribution in [0, 0.1) is 30.3 Å². The van der Waals surface area contributed by atoms with Gasteiger partial charge in [-0.3, -0.25) is 45.6 Å². The molecule has 4 rings (SSSR count). The van der Waals surface area contributed by atoms with Gasteiger partial charge in [0.1, 0.15) is 19.0 Å². The molecule has 0 aliphatic heterocycles.